The Hall–Kier alpha value is -4.69. The first-order chi connectivity index (χ1) is 21.1. The predicted molar refractivity (Wildman–Crippen MR) is 134 cm³/mol. The Labute approximate surface area is 253 Å². The lowest BCUT2D eigenvalue weighted by Gasteiger charge is -2.37. The summed E-state index contributed by atoms with van der Waals surface area (Å²) in [4.78, 5) is 52.0. The largest absolute Gasteiger partial charge is 0.490 e. The summed E-state index contributed by atoms with van der Waals surface area (Å²) >= 11 is 0. The molecule has 2 aliphatic heterocycles. The first-order valence-corrected chi connectivity index (χ1v) is 12.5. The molecule has 1 amide bonds. The van der Waals surface area contributed by atoms with Gasteiger partial charge < -0.3 is 25.0 Å². The molecule has 4 heterocycles. The average Bonchev–Trinajstić information content (AvgIpc) is 3.35. The second kappa shape index (κ2) is 17.1. The maximum Gasteiger partial charge on any atom is 0.490 e. The highest BCUT2D eigenvalue weighted by Gasteiger charge is 2.40. The summed E-state index contributed by atoms with van der Waals surface area (Å²) in [5.41, 5.74) is 0.833. The van der Waals surface area contributed by atoms with Crippen LogP contribution in [0.4, 0.5) is 39.5 Å². The van der Waals surface area contributed by atoms with E-state index >= 15 is 0 Å². The van der Waals surface area contributed by atoms with Crippen LogP contribution in [0, 0.1) is 0 Å². The van der Waals surface area contributed by atoms with Crippen molar-refractivity contribution in [2.75, 3.05) is 26.2 Å². The number of aromatic nitrogens is 2. The lowest BCUT2D eigenvalue weighted by Crippen LogP contribution is -2.52. The minimum absolute atomic E-state index is 0.162. The van der Waals surface area contributed by atoms with Crippen molar-refractivity contribution in [2.24, 2.45) is 0 Å². The number of carbonyl (C=O) groups excluding carboxylic acids is 1. The highest BCUT2D eigenvalue weighted by Crippen LogP contribution is 2.26. The van der Waals surface area contributed by atoms with Crippen molar-refractivity contribution in [3.63, 3.8) is 0 Å². The van der Waals surface area contributed by atoms with Crippen LogP contribution in [-0.2, 0) is 25.6 Å². The first-order valence-electron chi connectivity index (χ1n) is 12.5. The molecular weight excluding hydrogens is 655 g/mol. The predicted octanol–water partition coefficient (Wildman–Crippen LogP) is 3.28. The van der Waals surface area contributed by atoms with Gasteiger partial charge in [0.15, 0.2) is 0 Å². The van der Waals surface area contributed by atoms with Crippen molar-refractivity contribution in [1.82, 2.24) is 19.8 Å². The van der Waals surface area contributed by atoms with Crippen LogP contribution in [0.2, 0.25) is 0 Å². The summed E-state index contributed by atoms with van der Waals surface area (Å²) in [6.07, 6.45) is -8.53. The number of nitrogens with zero attached hydrogens (tertiary/aromatic N) is 4. The standard InChI is InChI=1S/C19H22N4O2.3C2HF3O2/c24-19(10-15-4-1-2-7-21-15)23-9-8-22-14-18(11-16(22)13-23)25-17-5-3-6-20-12-17;3*3-2(4,5)1(6)7/h1-7,12,16,18H,8-11,13-14H2;3*(H,6,7)/t16-,18+;;;/m0.../s1. The Morgan fingerprint density at radius 2 is 1.33 bits per heavy atom. The molecule has 12 nitrogen and oxygen atoms in total. The molecule has 2 aliphatic rings. The zero-order valence-electron chi connectivity index (χ0n) is 23.1. The minimum atomic E-state index is -5.08. The molecule has 2 atom stereocenters. The lowest BCUT2D eigenvalue weighted by atomic mass is 10.1. The van der Waals surface area contributed by atoms with Gasteiger partial charge >= 0.3 is 36.4 Å². The summed E-state index contributed by atoms with van der Waals surface area (Å²) in [7, 11) is 0. The molecule has 256 valence electrons. The zero-order chi connectivity index (χ0) is 35.3. The van der Waals surface area contributed by atoms with E-state index in [1.54, 1.807) is 18.6 Å². The van der Waals surface area contributed by atoms with E-state index in [2.05, 4.69) is 14.9 Å². The van der Waals surface area contributed by atoms with Gasteiger partial charge in [-0.15, -0.1) is 0 Å². The molecule has 0 bridgehead atoms. The topological polar surface area (TPSA) is 170 Å². The Kier molecular flexibility index (Phi) is 14.6. The van der Waals surface area contributed by atoms with Crippen LogP contribution in [0.15, 0.2) is 48.9 Å². The van der Waals surface area contributed by atoms with E-state index in [4.69, 9.17) is 34.4 Å². The van der Waals surface area contributed by atoms with Crippen LogP contribution in [-0.4, -0.2) is 116 Å². The van der Waals surface area contributed by atoms with E-state index in [1.165, 1.54) is 0 Å². The molecule has 2 saturated heterocycles. The fourth-order valence-corrected chi connectivity index (χ4v) is 3.69. The SMILES string of the molecule is O=C(Cc1ccccn1)N1CCN2C[C@H](Oc3cccnc3)C[C@H]2C1.O=C(O)C(F)(F)F.O=C(O)C(F)(F)F.O=C(O)C(F)(F)F. The minimum Gasteiger partial charge on any atom is -0.487 e. The van der Waals surface area contributed by atoms with Gasteiger partial charge in [0.05, 0.1) is 12.6 Å². The molecule has 0 radical (unpaired) electrons. The van der Waals surface area contributed by atoms with E-state index in [0.717, 1.165) is 44.0 Å². The van der Waals surface area contributed by atoms with Crippen LogP contribution in [0.1, 0.15) is 12.1 Å². The maximum atomic E-state index is 12.6. The van der Waals surface area contributed by atoms with Crippen LogP contribution in [0.5, 0.6) is 5.75 Å². The molecule has 2 fully saturated rings. The number of pyridine rings is 2. The number of ether oxygens (including phenoxy) is 1. The van der Waals surface area contributed by atoms with Gasteiger partial charge in [-0.3, -0.25) is 19.7 Å². The molecule has 0 spiro atoms. The Bertz CT molecular complexity index is 1220. The van der Waals surface area contributed by atoms with Crippen LogP contribution in [0.3, 0.4) is 0 Å². The van der Waals surface area contributed by atoms with Gasteiger partial charge in [0, 0.05) is 56.7 Å². The van der Waals surface area contributed by atoms with Crippen molar-refractivity contribution >= 4 is 23.8 Å². The fraction of sp³-hybridized carbons (Fsp3) is 0.440. The number of amides is 1. The quantitative estimate of drug-likeness (QED) is 0.405. The number of hydrogen-bond donors (Lipinski definition) is 3. The molecule has 0 saturated carbocycles. The summed E-state index contributed by atoms with van der Waals surface area (Å²) < 4.78 is 101. The maximum absolute atomic E-state index is 12.6. The van der Waals surface area contributed by atoms with Gasteiger partial charge in [0.25, 0.3) is 0 Å². The number of piperazine rings is 1. The van der Waals surface area contributed by atoms with Crippen molar-refractivity contribution in [2.45, 2.75) is 43.5 Å². The lowest BCUT2D eigenvalue weighted by molar-refractivity contribution is -0.193. The number of carboxylic acids is 3. The third kappa shape index (κ3) is 14.9. The monoisotopic (exact) mass is 680 g/mol. The molecule has 0 aromatic carbocycles. The molecule has 46 heavy (non-hydrogen) atoms. The summed E-state index contributed by atoms with van der Waals surface area (Å²) in [6, 6.07) is 9.89. The van der Waals surface area contributed by atoms with Crippen LogP contribution >= 0.6 is 0 Å². The number of hydrogen-bond acceptors (Lipinski definition) is 8. The Balaban J connectivity index is 0.000000413. The third-order valence-corrected chi connectivity index (χ3v) is 5.65. The summed E-state index contributed by atoms with van der Waals surface area (Å²) in [5, 5.41) is 21.4. The normalized spacial score (nSPS) is 17.8. The van der Waals surface area contributed by atoms with E-state index in [0.29, 0.717) is 12.5 Å². The van der Waals surface area contributed by atoms with E-state index in [1.807, 2.05) is 35.2 Å². The second-order valence-electron chi connectivity index (χ2n) is 9.06. The molecule has 0 unspecified atom stereocenters. The van der Waals surface area contributed by atoms with Gasteiger partial charge in [-0.05, 0) is 24.3 Å². The fourth-order valence-electron chi connectivity index (χ4n) is 3.69. The number of carbonyl (C=O) groups is 4. The van der Waals surface area contributed by atoms with Gasteiger partial charge in [-0.1, -0.05) is 6.07 Å². The zero-order valence-corrected chi connectivity index (χ0v) is 23.1. The summed E-state index contributed by atoms with van der Waals surface area (Å²) in [6.45, 7) is 3.38. The molecule has 3 N–H and O–H groups in total. The number of alkyl halides is 9. The average molecular weight is 680 g/mol. The first kappa shape index (κ1) is 39.3. The molecule has 4 rings (SSSR count). The van der Waals surface area contributed by atoms with Crippen LogP contribution in [0.25, 0.3) is 0 Å². The number of rotatable bonds is 4. The smallest absolute Gasteiger partial charge is 0.487 e. The molecular formula is C25H25F9N4O8. The third-order valence-electron chi connectivity index (χ3n) is 5.65. The van der Waals surface area contributed by atoms with Gasteiger partial charge in [0.1, 0.15) is 11.9 Å². The van der Waals surface area contributed by atoms with Gasteiger partial charge in [0.2, 0.25) is 5.91 Å². The van der Waals surface area contributed by atoms with E-state index < -0.39 is 36.4 Å². The summed E-state index contributed by atoms with van der Waals surface area (Å²) in [5.74, 6) is -7.29. The Morgan fingerprint density at radius 3 is 1.76 bits per heavy atom. The highest BCUT2D eigenvalue weighted by atomic mass is 19.4. The molecule has 21 heteroatoms. The van der Waals surface area contributed by atoms with Crippen molar-refractivity contribution in [1.29, 1.82) is 0 Å². The molecule has 2 aromatic heterocycles. The number of fused-ring (bicyclic) bond motifs is 1. The molecule has 0 aliphatic carbocycles. The molecule has 2 aromatic rings. The van der Waals surface area contributed by atoms with Gasteiger partial charge in [-0.25, -0.2) is 14.4 Å². The van der Waals surface area contributed by atoms with E-state index in [9.17, 15) is 44.3 Å². The van der Waals surface area contributed by atoms with Crippen molar-refractivity contribution in [3.05, 3.63) is 54.6 Å². The van der Waals surface area contributed by atoms with E-state index in [-0.39, 0.29) is 12.0 Å². The second-order valence-corrected chi connectivity index (χ2v) is 9.06. The van der Waals surface area contributed by atoms with Crippen LogP contribution < -0.4 is 4.74 Å². The number of aliphatic carboxylic acids is 3. The Morgan fingerprint density at radius 1 is 0.783 bits per heavy atom. The van der Waals surface area contributed by atoms with Gasteiger partial charge in [-0.2, -0.15) is 39.5 Å². The van der Waals surface area contributed by atoms with Crippen molar-refractivity contribution < 1.29 is 78.7 Å². The number of halogens is 9. The highest BCUT2D eigenvalue weighted by molar-refractivity contribution is 5.78. The number of carboxylic acid groups (broad SMARTS) is 3. The van der Waals surface area contributed by atoms with Crippen molar-refractivity contribution in [3.8, 4) is 5.75 Å².